The van der Waals surface area contributed by atoms with Gasteiger partial charge in [-0.25, -0.2) is 0 Å². The molecule has 17 heavy (non-hydrogen) atoms. The van der Waals surface area contributed by atoms with E-state index in [9.17, 15) is 4.79 Å². The van der Waals surface area contributed by atoms with Crippen LogP contribution in [0.15, 0.2) is 12.3 Å². The van der Waals surface area contributed by atoms with Crippen LogP contribution in [-0.2, 0) is 23.0 Å². The molecule has 0 radical (unpaired) electrons. The highest BCUT2D eigenvalue weighted by Crippen LogP contribution is 1.97. The molecule has 1 aliphatic rings. The summed E-state index contributed by atoms with van der Waals surface area (Å²) in [5.41, 5.74) is 1.11. The zero-order valence-electron chi connectivity index (χ0n) is 9.98. The number of carbonyl (C=O) groups is 1. The monoisotopic (exact) mass is 238 g/mol. The second-order valence-electron chi connectivity index (χ2n) is 4.07. The predicted molar refractivity (Wildman–Crippen MR) is 62.5 cm³/mol. The van der Waals surface area contributed by atoms with Crippen LogP contribution in [0.2, 0.25) is 0 Å². The van der Waals surface area contributed by atoms with Gasteiger partial charge in [0.15, 0.2) is 0 Å². The molecule has 1 unspecified atom stereocenters. The third kappa shape index (κ3) is 3.28. The quantitative estimate of drug-likeness (QED) is 0.711. The van der Waals surface area contributed by atoms with Crippen LogP contribution in [0.25, 0.3) is 0 Å². The van der Waals surface area contributed by atoms with Crippen LogP contribution in [0.5, 0.6) is 0 Å². The van der Waals surface area contributed by atoms with E-state index in [-0.39, 0.29) is 11.9 Å². The van der Waals surface area contributed by atoms with Crippen molar-refractivity contribution in [3.8, 4) is 0 Å². The maximum absolute atomic E-state index is 11.7. The van der Waals surface area contributed by atoms with E-state index >= 15 is 0 Å². The number of rotatable bonds is 4. The number of amides is 1. The van der Waals surface area contributed by atoms with Crippen molar-refractivity contribution < 1.29 is 9.53 Å². The molecule has 0 bridgehead atoms. The first-order chi connectivity index (χ1) is 8.27. The molecular formula is C11H18N4O2. The number of carbonyl (C=O) groups excluding carboxylic acids is 1. The van der Waals surface area contributed by atoms with Gasteiger partial charge in [-0.2, -0.15) is 5.10 Å². The van der Waals surface area contributed by atoms with E-state index in [1.54, 1.807) is 6.20 Å². The van der Waals surface area contributed by atoms with Crippen LogP contribution in [0.1, 0.15) is 5.69 Å². The normalized spacial score (nSPS) is 20.2. The molecule has 0 spiro atoms. The third-order valence-corrected chi connectivity index (χ3v) is 2.84. The Bertz CT molecular complexity index is 371. The lowest BCUT2D eigenvalue weighted by Gasteiger charge is -2.22. The summed E-state index contributed by atoms with van der Waals surface area (Å²) in [5, 5.41) is 10.1. The van der Waals surface area contributed by atoms with E-state index in [4.69, 9.17) is 4.74 Å². The summed E-state index contributed by atoms with van der Waals surface area (Å²) in [6.07, 6.45) is 2.55. The molecule has 2 heterocycles. The molecule has 0 saturated carbocycles. The molecule has 2 rings (SSSR count). The lowest BCUT2D eigenvalue weighted by molar-refractivity contribution is -0.125. The Morgan fingerprint density at radius 2 is 2.65 bits per heavy atom. The van der Waals surface area contributed by atoms with E-state index in [1.165, 1.54) is 0 Å². The van der Waals surface area contributed by atoms with E-state index < -0.39 is 0 Å². The molecule has 0 aliphatic carbocycles. The van der Waals surface area contributed by atoms with Crippen molar-refractivity contribution in [3.63, 3.8) is 0 Å². The molecule has 1 aliphatic heterocycles. The number of hydrogen-bond acceptors (Lipinski definition) is 4. The summed E-state index contributed by atoms with van der Waals surface area (Å²) in [5.74, 6) is 0.00636. The van der Waals surface area contributed by atoms with Crippen LogP contribution in [0.4, 0.5) is 0 Å². The smallest absolute Gasteiger partial charge is 0.239 e. The second kappa shape index (κ2) is 5.79. The van der Waals surface area contributed by atoms with Gasteiger partial charge in [-0.15, -0.1) is 0 Å². The predicted octanol–water partition coefficient (Wildman–Crippen LogP) is -0.933. The summed E-state index contributed by atoms with van der Waals surface area (Å²) in [6, 6.07) is 1.74. The minimum Gasteiger partial charge on any atom is -0.378 e. The van der Waals surface area contributed by atoms with Crippen LogP contribution in [0, 0.1) is 0 Å². The zero-order chi connectivity index (χ0) is 12.1. The van der Waals surface area contributed by atoms with Gasteiger partial charge in [0.25, 0.3) is 0 Å². The first-order valence-electron chi connectivity index (χ1n) is 5.83. The Kier molecular flexibility index (Phi) is 4.11. The average molecular weight is 238 g/mol. The van der Waals surface area contributed by atoms with Crippen LogP contribution >= 0.6 is 0 Å². The lowest BCUT2D eigenvalue weighted by Crippen LogP contribution is -2.51. The standard InChI is InChI=1S/C11H18N4O2/c1-15-9(3-5-14-15)2-4-13-11(16)10-8-17-7-6-12-10/h3,5,10,12H,2,4,6-8H2,1H3,(H,13,16). The first kappa shape index (κ1) is 12.1. The highest BCUT2D eigenvalue weighted by Gasteiger charge is 2.20. The van der Waals surface area contributed by atoms with Crippen molar-refractivity contribution in [2.24, 2.45) is 7.05 Å². The molecule has 6 nitrogen and oxygen atoms in total. The van der Waals surface area contributed by atoms with Crippen molar-refractivity contribution in [1.29, 1.82) is 0 Å². The maximum Gasteiger partial charge on any atom is 0.239 e. The topological polar surface area (TPSA) is 68.2 Å². The fourth-order valence-corrected chi connectivity index (χ4v) is 1.82. The van der Waals surface area contributed by atoms with E-state index in [1.807, 2.05) is 17.8 Å². The van der Waals surface area contributed by atoms with Crippen molar-refractivity contribution in [2.75, 3.05) is 26.3 Å². The largest absolute Gasteiger partial charge is 0.378 e. The molecule has 0 aromatic carbocycles. The highest BCUT2D eigenvalue weighted by atomic mass is 16.5. The SMILES string of the molecule is Cn1nccc1CCNC(=O)C1COCCN1. The number of nitrogens with zero attached hydrogens (tertiary/aromatic N) is 2. The fraction of sp³-hybridized carbons (Fsp3) is 0.636. The number of nitrogens with one attached hydrogen (secondary N) is 2. The van der Waals surface area contributed by atoms with Gasteiger partial charge < -0.3 is 15.4 Å². The van der Waals surface area contributed by atoms with Gasteiger partial charge in [0.1, 0.15) is 6.04 Å². The number of ether oxygens (including phenoxy) is 1. The fourth-order valence-electron chi connectivity index (χ4n) is 1.82. The van der Waals surface area contributed by atoms with Crippen LogP contribution < -0.4 is 10.6 Å². The number of hydrogen-bond donors (Lipinski definition) is 2. The molecule has 2 N–H and O–H groups in total. The Morgan fingerprint density at radius 3 is 3.29 bits per heavy atom. The maximum atomic E-state index is 11.7. The zero-order valence-corrected chi connectivity index (χ0v) is 9.98. The Morgan fingerprint density at radius 1 is 1.76 bits per heavy atom. The van der Waals surface area contributed by atoms with Crippen molar-refractivity contribution in [2.45, 2.75) is 12.5 Å². The van der Waals surface area contributed by atoms with Crippen LogP contribution in [-0.4, -0.2) is 48.0 Å². The minimum absolute atomic E-state index is 0.00636. The van der Waals surface area contributed by atoms with E-state index in [2.05, 4.69) is 15.7 Å². The number of morpholine rings is 1. The highest BCUT2D eigenvalue weighted by molar-refractivity contribution is 5.81. The van der Waals surface area contributed by atoms with Gasteiger partial charge in [-0.1, -0.05) is 0 Å². The Balaban J connectivity index is 1.71. The second-order valence-corrected chi connectivity index (χ2v) is 4.07. The molecule has 1 aromatic rings. The summed E-state index contributed by atoms with van der Waals surface area (Å²) in [4.78, 5) is 11.7. The number of aryl methyl sites for hydroxylation is 1. The van der Waals surface area contributed by atoms with Gasteiger partial charge in [-0.05, 0) is 6.07 Å². The summed E-state index contributed by atoms with van der Waals surface area (Å²) in [6.45, 7) is 2.49. The Hall–Kier alpha value is -1.40. The van der Waals surface area contributed by atoms with Crippen LogP contribution in [0.3, 0.4) is 0 Å². The van der Waals surface area contributed by atoms with Gasteiger partial charge >= 0.3 is 0 Å². The number of aromatic nitrogens is 2. The molecule has 1 fully saturated rings. The first-order valence-corrected chi connectivity index (χ1v) is 5.83. The summed E-state index contributed by atoms with van der Waals surface area (Å²) < 4.78 is 7.05. The molecule has 94 valence electrons. The molecule has 1 saturated heterocycles. The Labute approximate surface area is 100 Å². The summed E-state index contributed by atoms with van der Waals surface area (Å²) in [7, 11) is 1.90. The molecular weight excluding hydrogens is 220 g/mol. The summed E-state index contributed by atoms with van der Waals surface area (Å²) >= 11 is 0. The third-order valence-electron chi connectivity index (χ3n) is 2.84. The van der Waals surface area contributed by atoms with Gasteiger partial charge in [0.2, 0.25) is 5.91 Å². The van der Waals surface area contributed by atoms with E-state index in [0.717, 1.165) is 18.7 Å². The van der Waals surface area contributed by atoms with Gasteiger partial charge in [0, 0.05) is 38.4 Å². The van der Waals surface area contributed by atoms with Gasteiger partial charge in [0.05, 0.1) is 13.2 Å². The van der Waals surface area contributed by atoms with Gasteiger partial charge in [-0.3, -0.25) is 9.48 Å². The molecule has 1 atom stereocenters. The van der Waals surface area contributed by atoms with Crippen molar-refractivity contribution >= 4 is 5.91 Å². The molecule has 6 heteroatoms. The van der Waals surface area contributed by atoms with Crippen molar-refractivity contribution in [1.82, 2.24) is 20.4 Å². The average Bonchev–Trinajstić information content (AvgIpc) is 2.76. The minimum atomic E-state index is -0.213. The van der Waals surface area contributed by atoms with Crippen molar-refractivity contribution in [3.05, 3.63) is 18.0 Å². The molecule has 1 amide bonds. The molecule has 1 aromatic heterocycles. The van der Waals surface area contributed by atoms with E-state index in [0.29, 0.717) is 19.8 Å². The lowest BCUT2D eigenvalue weighted by atomic mass is 10.2.